The summed E-state index contributed by atoms with van der Waals surface area (Å²) in [6, 6.07) is 0.354. The van der Waals surface area contributed by atoms with Crippen LogP contribution in [0.25, 0.3) is 0 Å². The molecule has 0 aromatic carbocycles. The molecule has 106 valence electrons. The molecule has 0 amide bonds. The lowest BCUT2D eigenvalue weighted by molar-refractivity contribution is -0.275. The maximum atomic E-state index is 12.5. The second-order valence-electron chi connectivity index (χ2n) is 3.17. The van der Waals surface area contributed by atoms with Gasteiger partial charge in [-0.25, -0.2) is 4.98 Å². The van der Waals surface area contributed by atoms with Crippen molar-refractivity contribution in [2.24, 2.45) is 0 Å². The summed E-state index contributed by atoms with van der Waals surface area (Å²) in [6.45, 7) is 0. The van der Waals surface area contributed by atoms with Gasteiger partial charge in [0.1, 0.15) is 0 Å². The first-order valence-electron chi connectivity index (χ1n) is 4.46. The van der Waals surface area contributed by atoms with Gasteiger partial charge in [-0.05, 0) is 6.07 Å². The molecule has 0 aliphatic heterocycles. The molecule has 1 heterocycles. The largest absolute Gasteiger partial charge is 0.573 e. The maximum Gasteiger partial charge on any atom is 0.573 e. The highest BCUT2D eigenvalue weighted by atomic mass is 79.9. The van der Waals surface area contributed by atoms with Gasteiger partial charge in [0.25, 0.3) is 0 Å². The number of pyridine rings is 1. The second-order valence-corrected chi connectivity index (χ2v) is 3.73. The number of alkyl halides is 7. The van der Waals surface area contributed by atoms with E-state index in [9.17, 15) is 31.1 Å². The Balaban J connectivity index is 3.40. The molecule has 0 radical (unpaired) electrons. The Hall–Kier alpha value is -1.32. The Morgan fingerprint density at radius 1 is 1.26 bits per heavy atom. The van der Waals surface area contributed by atoms with Gasteiger partial charge in [-0.2, -0.15) is 13.2 Å². The minimum atomic E-state index is -5.10. The number of aromatic nitrogens is 1. The predicted octanol–water partition coefficient (Wildman–Crippen LogP) is 3.71. The normalized spacial score (nSPS) is 12.4. The van der Waals surface area contributed by atoms with Crippen molar-refractivity contribution >= 4 is 22.2 Å². The standard InChI is InChI=1S/C9H4BrF6NO2/c10-2-5-6(19-9(14,15)16)1-4(3-18)7(17-5)8(11,12)13/h1,3H,2H2. The average Bonchev–Trinajstić information content (AvgIpc) is 2.24. The van der Waals surface area contributed by atoms with Gasteiger partial charge in [-0.15, -0.1) is 13.2 Å². The van der Waals surface area contributed by atoms with E-state index in [4.69, 9.17) is 0 Å². The molecule has 0 aliphatic carbocycles. The van der Waals surface area contributed by atoms with E-state index >= 15 is 0 Å². The molecule has 3 nitrogen and oxygen atoms in total. The highest BCUT2D eigenvalue weighted by Crippen LogP contribution is 2.35. The molecule has 0 saturated carbocycles. The molecular formula is C9H4BrF6NO2. The molecule has 0 unspecified atom stereocenters. The van der Waals surface area contributed by atoms with Crippen LogP contribution in [0.3, 0.4) is 0 Å². The highest BCUT2D eigenvalue weighted by molar-refractivity contribution is 9.08. The SMILES string of the molecule is O=Cc1cc(OC(F)(F)F)c(CBr)nc1C(F)(F)F. The fraction of sp³-hybridized carbons (Fsp3) is 0.333. The predicted molar refractivity (Wildman–Crippen MR) is 53.9 cm³/mol. The summed E-state index contributed by atoms with van der Waals surface area (Å²) < 4.78 is 77.2. The van der Waals surface area contributed by atoms with Crippen LogP contribution in [0.2, 0.25) is 0 Å². The monoisotopic (exact) mass is 351 g/mol. The van der Waals surface area contributed by atoms with Crippen molar-refractivity contribution in [3.63, 3.8) is 0 Å². The molecule has 0 saturated heterocycles. The highest BCUT2D eigenvalue weighted by Gasteiger charge is 2.38. The molecule has 10 heteroatoms. The smallest absolute Gasteiger partial charge is 0.404 e. The number of ether oxygens (including phenoxy) is 1. The maximum absolute atomic E-state index is 12.5. The van der Waals surface area contributed by atoms with Crippen LogP contribution in [0.4, 0.5) is 26.3 Å². The Morgan fingerprint density at radius 2 is 1.84 bits per heavy atom. The van der Waals surface area contributed by atoms with Crippen LogP contribution >= 0.6 is 15.9 Å². The number of rotatable bonds is 3. The minimum Gasteiger partial charge on any atom is -0.404 e. The van der Waals surface area contributed by atoms with E-state index in [2.05, 4.69) is 25.7 Å². The Morgan fingerprint density at radius 3 is 2.21 bits per heavy atom. The fourth-order valence-electron chi connectivity index (χ4n) is 1.17. The number of aldehydes is 1. The Bertz CT molecular complexity index is 485. The molecule has 1 aromatic heterocycles. The van der Waals surface area contributed by atoms with Gasteiger partial charge in [0.2, 0.25) is 0 Å². The van der Waals surface area contributed by atoms with Crippen LogP contribution in [0.1, 0.15) is 21.7 Å². The van der Waals surface area contributed by atoms with E-state index in [1.54, 1.807) is 0 Å². The fourth-order valence-corrected chi connectivity index (χ4v) is 1.57. The van der Waals surface area contributed by atoms with Crippen LogP contribution in [-0.4, -0.2) is 17.6 Å². The van der Waals surface area contributed by atoms with Crippen molar-refractivity contribution in [3.05, 3.63) is 23.0 Å². The van der Waals surface area contributed by atoms with Crippen molar-refractivity contribution < 1.29 is 35.9 Å². The molecule has 1 rings (SSSR count). The summed E-state index contributed by atoms with van der Waals surface area (Å²) in [7, 11) is 0. The summed E-state index contributed by atoms with van der Waals surface area (Å²) in [6.07, 6.45) is -10.3. The van der Waals surface area contributed by atoms with Gasteiger partial charge in [-0.3, -0.25) is 4.79 Å². The number of hydrogen-bond donors (Lipinski definition) is 0. The van der Waals surface area contributed by atoms with Gasteiger partial charge in [0.05, 0.1) is 5.69 Å². The third kappa shape index (κ3) is 4.08. The van der Waals surface area contributed by atoms with E-state index in [1.807, 2.05) is 0 Å². The summed E-state index contributed by atoms with van der Waals surface area (Å²) in [4.78, 5) is 13.5. The van der Waals surface area contributed by atoms with Gasteiger partial charge >= 0.3 is 12.5 Å². The van der Waals surface area contributed by atoms with Crippen molar-refractivity contribution in [2.45, 2.75) is 17.9 Å². The van der Waals surface area contributed by atoms with Crippen LogP contribution < -0.4 is 4.74 Å². The van der Waals surface area contributed by atoms with Crippen molar-refractivity contribution in [1.82, 2.24) is 4.98 Å². The lowest BCUT2D eigenvalue weighted by atomic mass is 10.1. The third-order valence-electron chi connectivity index (χ3n) is 1.84. The zero-order valence-corrected chi connectivity index (χ0v) is 10.4. The second kappa shape index (κ2) is 5.35. The van der Waals surface area contributed by atoms with Gasteiger partial charge in [0.15, 0.2) is 17.7 Å². The number of nitrogens with zero attached hydrogens (tertiary/aromatic N) is 1. The molecule has 0 aliphatic rings. The molecule has 0 bridgehead atoms. The first-order chi connectivity index (χ1) is 8.58. The zero-order chi connectivity index (χ0) is 14.8. The van der Waals surface area contributed by atoms with E-state index < -0.39 is 40.6 Å². The zero-order valence-electron chi connectivity index (χ0n) is 8.77. The topological polar surface area (TPSA) is 39.2 Å². The van der Waals surface area contributed by atoms with E-state index in [0.717, 1.165) is 0 Å². The minimum absolute atomic E-state index is 0.239. The first-order valence-corrected chi connectivity index (χ1v) is 5.58. The summed E-state index contributed by atoms with van der Waals surface area (Å²) >= 11 is 2.70. The van der Waals surface area contributed by atoms with E-state index in [-0.39, 0.29) is 6.29 Å². The summed E-state index contributed by atoms with van der Waals surface area (Å²) in [5.41, 5.74) is -3.21. The Labute approximate surface area is 110 Å². The van der Waals surface area contributed by atoms with E-state index in [1.165, 1.54) is 0 Å². The quantitative estimate of drug-likeness (QED) is 0.473. The molecule has 1 aromatic rings. The molecule has 0 N–H and O–H groups in total. The summed E-state index contributed by atoms with van der Waals surface area (Å²) in [5, 5.41) is -0.402. The molecule has 0 atom stereocenters. The van der Waals surface area contributed by atoms with Gasteiger partial charge in [0, 0.05) is 10.9 Å². The Kier molecular flexibility index (Phi) is 4.43. The van der Waals surface area contributed by atoms with Crippen LogP contribution in [0.5, 0.6) is 5.75 Å². The van der Waals surface area contributed by atoms with Crippen molar-refractivity contribution in [2.75, 3.05) is 0 Å². The van der Waals surface area contributed by atoms with Crippen molar-refractivity contribution in [3.8, 4) is 5.75 Å². The molecule has 0 spiro atoms. The van der Waals surface area contributed by atoms with Crippen LogP contribution in [-0.2, 0) is 11.5 Å². The molecular weight excluding hydrogens is 348 g/mol. The van der Waals surface area contributed by atoms with Crippen LogP contribution in [0.15, 0.2) is 6.07 Å². The third-order valence-corrected chi connectivity index (χ3v) is 2.37. The van der Waals surface area contributed by atoms with Gasteiger partial charge in [-0.1, -0.05) is 15.9 Å². The summed E-state index contributed by atoms with van der Waals surface area (Å²) in [5.74, 6) is -0.959. The van der Waals surface area contributed by atoms with E-state index in [0.29, 0.717) is 6.07 Å². The van der Waals surface area contributed by atoms with Gasteiger partial charge < -0.3 is 4.74 Å². The molecule has 19 heavy (non-hydrogen) atoms. The van der Waals surface area contributed by atoms with Crippen molar-refractivity contribution in [1.29, 1.82) is 0 Å². The number of halogens is 7. The molecule has 0 fully saturated rings. The lowest BCUT2D eigenvalue weighted by Gasteiger charge is -2.15. The van der Waals surface area contributed by atoms with Crippen LogP contribution in [0, 0.1) is 0 Å². The first kappa shape index (κ1) is 15.7. The number of carbonyl (C=O) groups excluding carboxylic acids is 1. The number of hydrogen-bond acceptors (Lipinski definition) is 3. The number of carbonyl (C=O) groups is 1. The average molecular weight is 352 g/mol. The lowest BCUT2D eigenvalue weighted by Crippen LogP contribution is -2.20.